The van der Waals surface area contributed by atoms with Crippen LogP contribution in [-0.2, 0) is 0 Å². The Labute approximate surface area is 88.2 Å². The van der Waals surface area contributed by atoms with Crippen LogP contribution in [0.4, 0.5) is 5.69 Å². The number of non-ortho nitro benzene ring substituents is 1. The second-order valence-electron chi connectivity index (χ2n) is 2.57. The lowest BCUT2D eigenvalue weighted by Crippen LogP contribution is -2.04. The highest BCUT2D eigenvalue weighted by molar-refractivity contribution is 6.34. The fourth-order valence-corrected chi connectivity index (χ4v) is 1.26. The Bertz CT molecular complexity index is 457. The summed E-state index contributed by atoms with van der Waals surface area (Å²) in [5, 5.41) is 18.8. The number of carbonyl (C=O) groups excluding carboxylic acids is 1. The van der Waals surface area contributed by atoms with E-state index >= 15 is 0 Å². The van der Waals surface area contributed by atoms with Crippen molar-refractivity contribution < 1.29 is 19.6 Å². The lowest BCUT2D eigenvalue weighted by molar-refractivity contribution is -0.384. The number of carboxylic acid groups (broad SMARTS) is 1. The van der Waals surface area contributed by atoms with Gasteiger partial charge < -0.3 is 5.11 Å². The summed E-state index contributed by atoms with van der Waals surface area (Å²) in [6.07, 6.45) is 0.246. The summed E-state index contributed by atoms with van der Waals surface area (Å²) in [7, 11) is 0. The Morgan fingerprint density at radius 1 is 1.53 bits per heavy atom. The summed E-state index contributed by atoms with van der Waals surface area (Å²) in [6.45, 7) is 0. The Morgan fingerprint density at radius 3 is 2.53 bits per heavy atom. The molecule has 1 rings (SSSR count). The number of aromatic carboxylic acids is 1. The summed E-state index contributed by atoms with van der Waals surface area (Å²) in [5.41, 5.74) is -1.22. The molecule has 0 atom stereocenters. The SMILES string of the molecule is O=Cc1c(Cl)cc([N+](=O)[O-])cc1C(=O)O. The molecule has 0 radical (unpaired) electrons. The molecule has 0 aliphatic rings. The van der Waals surface area contributed by atoms with Gasteiger partial charge in [0, 0.05) is 17.7 Å². The average Bonchev–Trinajstić information content (AvgIpc) is 2.16. The van der Waals surface area contributed by atoms with E-state index in [2.05, 4.69) is 0 Å². The molecule has 0 spiro atoms. The average molecular weight is 230 g/mol. The highest BCUT2D eigenvalue weighted by Crippen LogP contribution is 2.25. The van der Waals surface area contributed by atoms with Gasteiger partial charge >= 0.3 is 5.97 Å². The van der Waals surface area contributed by atoms with Gasteiger partial charge in [0.05, 0.1) is 15.5 Å². The first-order valence-corrected chi connectivity index (χ1v) is 4.01. The quantitative estimate of drug-likeness (QED) is 0.484. The maximum absolute atomic E-state index is 10.7. The van der Waals surface area contributed by atoms with Gasteiger partial charge in [0.1, 0.15) is 0 Å². The number of nitro groups is 1. The number of aldehydes is 1. The van der Waals surface area contributed by atoms with Gasteiger partial charge in [-0.25, -0.2) is 4.79 Å². The van der Waals surface area contributed by atoms with Crippen molar-refractivity contribution in [3.63, 3.8) is 0 Å². The van der Waals surface area contributed by atoms with Crippen LogP contribution in [0, 0.1) is 10.1 Å². The predicted octanol–water partition coefficient (Wildman–Crippen LogP) is 1.76. The molecule has 0 saturated carbocycles. The number of nitrogens with zero attached hydrogens (tertiary/aromatic N) is 1. The molecule has 1 aromatic carbocycles. The Kier molecular flexibility index (Phi) is 3.01. The van der Waals surface area contributed by atoms with Gasteiger partial charge in [0.25, 0.3) is 5.69 Å². The van der Waals surface area contributed by atoms with E-state index in [4.69, 9.17) is 16.7 Å². The number of hydrogen-bond acceptors (Lipinski definition) is 4. The number of hydrogen-bond donors (Lipinski definition) is 1. The molecule has 0 heterocycles. The van der Waals surface area contributed by atoms with Crippen molar-refractivity contribution in [1.82, 2.24) is 0 Å². The number of carboxylic acids is 1. The molecule has 1 aromatic rings. The maximum Gasteiger partial charge on any atom is 0.336 e. The topological polar surface area (TPSA) is 97.5 Å². The summed E-state index contributed by atoms with van der Waals surface area (Å²) >= 11 is 5.52. The number of nitro benzene ring substituents is 1. The highest BCUT2D eigenvalue weighted by Gasteiger charge is 2.19. The second-order valence-corrected chi connectivity index (χ2v) is 2.98. The summed E-state index contributed by atoms with van der Waals surface area (Å²) < 4.78 is 0. The molecule has 0 aliphatic carbocycles. The fraction of sp³-hybridized carbons (Fsp3) is 0. The first-order valence-electron chi connectivity index (χ1n) is 3.63. The van der Waals surface area contributed by atoms with Gasteiger partial charge in [-0.3, -0.25) is 14.9 Å². The van der Waals surface area contributed by atoms with Crippen LogP contribution in [0.15, 0.2) is 12.1 Å². The van der Waals surface area contributed by atoms with Gasteiger partial charge in [-0.05, 0) is 0 Å². The molecule has 1 N–H and O–H groups in total. The summed E-state index contributed by atoms with van der Waals surface area (Å²) in [6, 6.07) is 1.72. The molecule has 7 heteroatoms. The van der Waals surface area contributed by atoms with Crippen molar-refractivity contribution in [3.8, 4) is 0 Å². The molecular formula is C8H4ClNO5. The van der Waals surface area contributed by atoms with E-state index in [0.717, 1.165) is 12.1 Å². The molecule has 0 aromatic heterocycles. The van der Waals surface area contributed by atoms with Gasteiger partial charge in [0.2, 0.25) is 0 Å². The largest absolute Gasteiger partial charge is 0.478 e. The zero-order valence-corrected chi connectivity index (χ0v) is 7.89. The molecule has 0 aliphatic heterocycles. The predicted molar refractivity (Wildman–Crippen MR) is 50.5 cm³/mol. The number of benzene rings is 1. The lowest BCUT2D eigenvalue weighted by atomic mass is 10.1. The fourth-order valence-electron chi connectivity index (χ4n) is 1.01. The first kappa shape index (κ1) is 11.1. The Hall–Kier alpha value is -1.95. The molecule has 0 fully saturated rings. The van der Waals surface area contributed by atoms with E-state index in [1.54, 1.807) is 0 Å². The maximum atomic E-state index is 10.7. The zero-order chi connectivity index (χ0) is 11.6. The van der Waals surface area contributed by atoms with Gasteiger partial charge in [-0.1, -0.05) is 11.6 Å². The van der Waals surface area contributed by atoms with Crippen LogP contribution in [-0.4, -0.2) is 22.3 Å². The number of carbonyl (C=O) groups is 2. The van der Waals surface area contributed by atoms with E-state index in [0.29, 0.717) is 0 Å². The monoisotopic (exact) mass is 229 g/mol. The summed E-state index contributed by atoms with van der Waals surface area (Å²) in [4.78, 5) is 30.8. The molecule has 0 saturated heterocycles. The molecule has 0 amide bonds. The molecular weight excluding hydrogens is 226 g/mol. The zero-order valence-electron chi connectivity index (χ0n) is 7.14. The Balaban J connectivity index is 3.52. The van der Waals surface area contributed by atoms with Crippen molar-refractivity contribution in [2.75, 3.05) is 0 Å². The molecule has 0 bridgehead atoms. The first-order chi connectivity index (χ1) is 6.97. The van der Waals surface area contributed by atoms with Crippen LogP contribution in [0.1, 0.15) is 20.7 Å². The van der Waals surface area contributed by atoms with Crippen molar-refractivity contribution in [1.29, 1.82) is 0 Å². The van der Waals surface area contributed by atoms with E-state index < -0.39 is 22.1 Å². The van der Waals surface area contributed by atoms with Crippen LogP contribution >= 0.6 is 11.6 Å². The van der Waals surface area contributed by atoms with Crippen LogP contribution in [0.5, 0.6) is 0 Å². The number of halogens is 1. The van der Waals surface area contributed by atoms with E-state index in [9.17, 15) is 19.7 Å². The van der Waals surface area contributed by atoms with Crippen molar-refractivity contribution in [2.45, 2.75) is 0 Å². The van der Waals surface area contributed by atoms with Crippen molar-refractivity contribution in [3.05, 3.63) is 38.4 Å². The van der Waals surface area contributed by atoms with E-state index in [1.165, 1.54) is 0 Å². The van der Waals surface area contributed by atoms with E-state index in [-0.39, 0.29) is 16.9 Å². The number of rotatable bonds is 3. The molecule has 6 nitrogen and oxygen atoms in total. The lowest BCUT2D eigenvalue weighted by Gasteiger charge is -2.01. The third-order valence-electron chi connectivity index (χ3n) is 1.67. The van der Waals surface area contributed by atoms with Crippen molar-refractivity contribution >= 4 is 29.5 Å². The smallest absolute Gasteiger partial charge is 0.336 e. The van der Waals surface area contributed by atoms with Gasteiger partial charge in [-0.15, -0.1) is 0 Å². The van der Waals surface area contributed by atoms with Gasteiger partial charge in [0.15, 0.2) is 6.29 Å². The molecule has 0 unspecified atom stereocenters. The van der Waals surface area contributed by atoms with Crippen LogP contribution in [0.2, 0.25) is 5.02 Å². The van der Waals surface area contributed by atoms with E-state index in [1.807, 2.05) is 0 Å². The van der Waals surface area contributed by atoms with Crippen LogP contribution in [0.3, 0.4) is 0 Å². The minimum Gasteiger partial charge on any atom is -0.478 e. The highest BCUT2D eigenvalue weighted by atomic mass is 35.5. The minimum absolute atomic E-state index is 0.246. The molecule has 15 heavy (non-hydrogen) atoms. The third-order valence-corrected chi connectivity index (χ3v) is 1.99. The normalized spacial score (nSPS) is 9.67. The van der Waals surface area contributed by atoms with Gasteiger partial charge in [-0.2, -0.15) is 0 Å². The third kappa shape index (κ3) is 2.10. The summed E-state index contributed by atoms with van der Waals surface area (Å²) in [5.74, 6) is -1.44. The standard InChI is InChI=1S/C8H4ClNO5/c9-7-2-4(10(14)15)1-5(8(12)13)6(7)3-11/h1-3H,(H,12,13). The Morgan fingerprint density at radius 2 is 2.13 bits per heavy atom. The minimum atomic E-state index is -1.44. The second kappa shape index (κ2) is 4.05. The van der Waals surface area contributed by atoms with Crippen LogP contribution < -0.4 is 0 Å². The van der Waals surface area contributed by atoms with Crippen molar-refractivity contribution in [2.24, 2.45) is 0 Å². The molecule has 78 valence electrons. The van der Waals surface area contributed by atoms with Crippen LogP contribution in [0.25, 0.3) is 0 Å².